The van der Waals surface area contributed by atoms with E-state index in [9.17, 15) is 21.6 Å². The molecule has 0 saturated carbocycles. The van der Waals surface area contributed by atoms with Gasteiger partial charge in [-0.1, -0.05) is 65.7 Å². The number of anilines is 2. The molecule has 5 aromatic rings. The number of sulfonamides is 2. The molecule has 7 rings (SSSR count). The summed E-state index contributed by atoms with van der Waals surface area (Å²) in [7, 11) is -7.64. The lowest BCUT2D eigenvalue weighted by Crippen LogP contribution is -2.51. The van der Waals surface area contributed by atoms with Crippen LogP contribution in [0.2, 0.25) is 0 Å². The smallest absolute Gasteiger partial charge is 0.255 e. The summed E-state index contributed by atoms with van der Waals surface area (Å²) in [4.78, 5) is 23.7. The van der Waals surface area contributed by atoms with Gasteiger partial charge in [0.2, 0.25) is 20.0 Å². The fourth-order valence-corrected chi connectivity index (χ4v) is 10.8. The number of hydrogen-bond acceptors (Lipinski definition) is 9. The van der Waals surface area contributed by atoms with Crippen LogP contribution in [0.3, 0.4) is 0 Å². The SMILES string of the molecule is CCN(CC)c1ccc2c(c1)Oc1cc(N(CC)CC)ccc1C21c2ccccc2C(=O)N1CCN(CCNS(=O)(=O)c1ccc(C)cc1)CCNS(=O)(=O)c1ccc(C)cc1. The number of amides is 1. The Morgan fingerprint density at radius 3 is 1.48 bits per heavy atom. The summed E-state index contributed by atoms with van der Waals surface area (Å²) in [5.74, 6) is 1.20. The average Bonchev–Trinajstić information content (AvgIpc) is 3.50. The molecule has 1 amide bonds. The Kier molecular flexibility index (Phi) is 13.4. The first-order valence-electron chi connectivity index (χ1n) is 21.5. The van der Waals surface area contributed by atoms with Gasteiger partial charge in [-0.25, -0.2) is 26.3 Å². The third kappa shape index (κ3) is 8.71. The molecule has 0 fully saturated rings. The van der Waals surface area contributed by atoms with Crippen LogP contribution < -0.4 is 24.0 Å². The summed E-state index contributed by atoms with van der Waals surface area (Å²) in [5.41, 5.74) is 6.00. The fraction of sp³-hybridized carbons (Fsp3) is 0.354. The molecule has 0 saturated heterocycles. The van der Waals surface area contributed by atoms with E-state index in [1.165, 1.54) is 0 Å². The molecule has 0 aliphatic carbocycles. The third-order valence-electron chi connectivity index (χ3n) is 12.1. The quantitative estimate of drug-likeness (QED) is 0.0892. The zero-order valence-electron chi connectivity index (χ0n) is 36.5. The normalized spacial score (nSPS) is 14.1. The molecule has 2 heterocycles. The van der Waals surface area contributed by atoms with Gasteiger partial charge < -0.3 is 19.4 Å². The van der Waals surface area contributed by atoms with Crippen molar-refractivity contribution in [3.8, 4) is 11.5 Å². The maximum Gasteiger partial charge on any atom is 0.255 e. The second kappa shape index (κ2) is 18.6. The van der Waals surface area contributed by atoms with Gasteiger partial charge in [-0.05, 0) is 89.6 Å². The van der Waals surface area contributed by atoms with Crippen molar-refractivity contribution in [3.63, 3.8) is 0 Å². The summed E-state index contributed by atoms with van der Waals surface area (Å²) < 4.78 is 65.7. The van der Waals surface area contributed by atoms with Crippen LogP contribution in [0.25, 0.3) is 0 Å². The highest BCUT2D eigenvalue weighted by atomic mass is 32.2. The van der Waals surface area contributed by atoms with Crippen molar-refractivity contribution >= 4 is 37.3 Å². The summed E-state index contributed by atoms with van der Waals surface area (Å²) in [5, 5.41) is 0. The Morgan fingerprint density at radius 1 is 0.581 bits per heavy atom. The fourth-order valence-electron chi connectivity index (χ4n) is 8.76. The minimum atomic E-state index is -3.82. The highest BCUT2D eigenvalue weighted by molar-refractivity contribution is 7.89. The molecule has 0 aromatic heterocycles. The van der Waals surface area contributed by atoms with E-state index in [4.69, 9.17) is 4.74 Å². The lowest BCUT2D eigenvalue weighted by molar-refractivity contribution is 0.0636. The van der Waals surface area contributed by atoms with E-state index in [-0.39, 0.29) is 48.4 Å². The van der Waals surface area contributed by atoms with Gasteiger partial charge in [0, 0.05) is 106 Å². The Hall–Kier alpha value is -5.25. The summed E-state index contributed by atoms with van der Waals surface area (Å²) in [6.45, 7) is 16.7. The largest absolute Gasteiger partial charge is 0.456 e. The summed E-state index contributed by atoms with van der Waals surface area (Å²) in [6.07, 6.45) is 0. The Morgan fingerprint density at radius 2 is 1.03 bits per heavy atom. The average molecular weight is 879 g/mol. The second-order valence-corrected chi connectivity index (χ2v) is 19.3. The predicted molar refractivity (Wildman–Crippen MR) is 247 cm³/mol. The van der Waals surface area contributed by atoms with Crippen LogP contribution in [0, 0.1) is 13.8 Å². The topological polar surface area (TPSA) is 132 Å². The lowest BCUT2D eigenvalue weighted by atomic mass is 9.74. The van der Waals surface area contributed by atoms with Crippen molar-refractivity contribution in [1.29, 1.82) is 0 Å². The van der Waals surface area contributed by atoms with E-state index in [1.807, 2.05) is 47.9 Å². The minimum Gasteiger partial charge on any atom is -0.456 e. The van der Waals surface area contributed by atoms with Gasteiger partial charge in [0.15, 0.2) is 0 Å². The Bertz CT molecular complexity index is 2470. The first-order chi connectivity index (χ1) is 29.8. The van der Waals surface area contributed by atoms with Gasteiger partial charge in [-0.2, -0.15) is 0 Å². The van der Waals surface area contributed by atoms with Crippen molar-refractivity contribution in [1.82, 2.24) is 19.2 Å². The number of rotatable bonds is 19. The molecule has 0 bridgehead atoms. The monoisotopic (exact) mass is 878 g/mol. The van der Waals surface area contributed by atoms with Crippen molar-refractivity contribution in [2.75, 3.05) is 75.2 Å². The van der Waals surface area contributed by atoms with E-state index in [2.05, 4.69) is 83.3 Å². The number of carbonyl (C=O) groups excluding carboxylic acids is 1. The molecule has 2 N–H and O–H groups in total. The van der Waals surface area contributed by atoms with E-state index in [0.29, 0.717) is 23.6 Å². The van der Waals surface area contributed by atoms with E-state index in [1.54, 1.807) is 48.5 Å². The predicted octanol–water partition coefficient (Wildman–Crippen LogP) is 7.11. The van der Waals surface area contributed by atoms with Crippen molar-refractivity contribution in [3.05, 3.63) is 143 Å². The molecule has 2 aliphatic rings. The van der Waals surface area contributed by atoms with Crippen LogP contribution in [-0.4, -0.2) is 98.0 Å². The van der Waals surface area contributed by atoms with Crippen molar-refractivity contribution in [2.45, 2.75) is 56.9 Å². The van der Waals surface area contributed by atoms with Crippen LogP contribution in [0.15, 0.2) is 119 Å². The first kappa shape index (κ1) is 44.8. The number of fused-ring (bicyclic) bond motifs is 6. The molecule has 14 heteroatoms. The molecule has 5 aromatic carbocycles. The zero-order valence-corrected chi connectivity index (χ0v) is 38.2. The summed E-state index contributed by atoms with van der Waals surface area (Å²) in [6, 6.07) is 33.6. The molecule has 2 aliphatic heterocycles. The van der Waals surface area contributed by atoms with Crippen LogP contribution in [0.1, 0.15) is 65.9 Å². The van der Waals surface area contributed by atoms with Gasteiger partial charge in [0.25, 0.3) is 5.91 Å². The van der Waals surface area contributed by atoms with E-state index < -0.39 is 25.6 Å². The van der Waals surface area contributed by atoms with Gasteiger partial charge >= 0.3 is 0 Å². The molecule has 1 spiro atoms. The van der Waals surface area contributed by atoms with Gasteiger partial charge in [-0.3, -0.25) is 9.69 Å². The number of ether oxygens (including phenoxy) is 1. The Balaban J connectivity index is 1.26. The lowest BCUT2D eigenvalue weighted by Gasteiger charge is -2.45. The number of benzene rings is 5. The molecule has 328 valence electrons. The zero-order chi connectivity index (χ0) is 44.2. The molecular formula is C48H58N6O6S2. The standard InChI is InChI=1S/C48H58N6O6S2/c1-7-52(8-2)37-19-25-43-45(33-37)60-46-34-38(53(9-3)10-4)20-26-44(46)48(43)42-14-12-11-13-41(42)47(55)54(48)32-31-51(29-27-49-61(56,57)39-21-15-35(5)16-22-39)30-28-50-62(58,59)40-23-17-36(6)18-24-40/h11-26,33-34,49-50H,7-10,27-32H2,1-6H3. The number of nitrogens with zero attached hydrogens (tertiary/aromatic N) is 4. The van der Waals surface area contributed by atoms with Crippen LogP contribution >= 0.6 is 0 Å². The van der Waals surface area contributed by atoms with Gasteiger partial charge in [-0.15, -0.1) is 0 Å². The van der Waals surface area contributed by atoms with Gasteiger partial charge in [0.1, 0.15) is 17.0 Å². The van der Waals surface area contributed by atoms with Gasteiger partial charge in [0.05, 0.1) is 9.79 Å². The van der Waals surface area contributed by atoms with E-state index >= 15 is 0 Å². The number of aryl methyl sites for hydroxylation is 2. The maximum absolute atomic E-state index is 15.0. The molecule has 62 heavy (non-hydrogen) atoms. The molecule has 0 radical (unpaired) electrons. The molecule has 0 atom stereocenters. The molecular weight excluding hydrogens is 821 g/mol. The van der Waals surface area contributed by atoms with Crippen LogP contribution in [-0.2, 0) is 25.6 Å². The van der Waals surface area contributed by atoms with Crippen LogP contribution in [0.4, 0.5) is 11.4 Å². The Labute approximate surface area is 367 Å². The minimum absolute atomic E-state index is 0.0576. The third-order valence-corrected chi connectivity index (χ3v) is 15.1. The van der Waals surface area contributed by atoms with E-state index in [0.717, 1.165) is 65.4 Å². The van der Waals surface area contributed by atoms with Crippen molar-refractivity contribution in [2.24, 2.45) is 0 Å². The number of carbonyl (C=O) groups is 1. The highest BCUT2D eigenvalue weighted by Gasteiger charge is 2.56. The molecule has 12 nitrogen and oxygen atoms in total. The number of nitrogens with one attached hydrogen (secondary N) is 2. The highest BCUT2D eigenvalue weighted by Crippen LogP contribution is 2.58. The second-order valence-electron chi connectivity index (χ2n) is 15.8. The van der Waals surface area contributed by atoms with Crippen molar-refractivity contribution < 1.29 is 26.4 Å². The summed E-state index contributed by atoms with van der Waals surface area (Å²) >= 11 is 0. The van der Waals surface area contributed by atoms with Crippen LogP contribution in [0.5, 0.6) is 11.5 Å². The molecule has 0 unspecified atom stereocenters. The first-order valence-corrected chi connectivity index (χ1v) is 24.5. The maximum atomic E-state index is 15.0. The number of hydrogen-bond donors (Lipinski definition) is 2.